The van der Waals surface area contributed by atoms with E-state index >= 15 is 0 Å². The molecule has 3 N–H and O–H groups in total. The number of benzene rings is 1. The number of hydrogen-bond donors (Lipinski definition) is 3. The molecule has 0 bridgehead atoms. The van der Waals surface area contributed by atoms with Gasteiger partial charge in [-0.05, 0) is 17.8 Å². The summed E-state index contributed by atoms with van der Waals surface area (Å²) < 4.78 is 0. The molecule has 0 amide bonds. The third-order valence-corrected chi connectivity index (χ3v) is 3.89. The molecule has 104 valence electrons. The molecular formula is C15H24N3S+. The van der Waals surface area contributed by atoms with E-state index in [2.05, 4.69) is 22.8 Å². The highest BCUT2D eigenvalue weighted by molar-refractivity contribution is 7.80. The van der Waals surface area contributed by atoms with E-state index in [1.807, 2.05) is 18.2 Å². The van der Waals surface area contributed by atoms with Crippen LogP contribution in [-0.4, -0.2) is 31.3 Å². The molecule has 1 saturated heterocycles. The average molecular weight is 278 g/mol. The lowest BCUT2D eigenvalue weighted by atomic mass is 10.2. The second kappa shape index (κ2) is 8.12. The normalized spacial score (nSPS) is 15.4. The molecule has 4 heteroatoms. The molecule has 19 heavy (non-hydrogen) atoms. The van der Waals surface area contributed by atoms with Gasteiger partial charge in [0.25, 0.3) is 0 Å². The minimum Gasteiger partial charge on any atom is -0.363 e. The highest BCUT2D eigenvalue weighted by Crippen LogP contribution is 1.96. The number of likely N-dealkylation sites (tertiary alicyclic amines) is 1. The van der Waals surface area contributed by atoms with Crippen molar-refractivity contribution in [2.24, 2.45) is 0 Å². The predicted molar refractivity (Wildman–Crippen MR) is 83.3 cm³/mol. The van der Waals surface area contributed by atoms with Crippen LogP contribution in [0.5, 0.6) is 0 Å². The van der Waals surface area contributed by atoms with Gasteiger partial charge in [0.1, 0.15) is 0 Å². The van der Waals surface area contributed by atoms with Crippen LogP contribution >= 0.6 is 12.2 Å². The summed E-state index contributed by atoms with van der Waals surface area (Å²) in [7, 11) is 0. The van der Waals surface area contributed by atoms with Crippen LogP contribution in [0.4, 0.5) is 0 Å². The van der Waals surface area contributed by atoms with Gasteiger partial charge >= 0.3 is 0 Å². The minimum absolute atomic E-state index is 0.764. The summed E-state index contributed by atoms with van der Waals surface area (Å²) in [5.74, 6) is 0. The van der Waals surface area contributed by atoms with Crippen LogP contribution in [0.15, 0.2) is 30.3 Å². The molecule has 0 saturated carbocycles. The SMILES string of the molecule is S=C(NCCC[NH+]1CCCC1)NCc1ccccc1. The van der Waals surface area contributed by atoms with Crippen LogP contribution in [0.1, 0.15) is 24.8 Å². The average Bonchev–Trinajstić information content (AvgIpc) is 2.96. The van der Waals surface area contributed by atoms with Gasteiger partial charge in [-0.25, -0.2) is 0 Å². The van der Waals surface area contributed by atoms with Gasteiger partial charge in [-0.15, -0.1) is 0 Å². The quantitative estimate of drug-likeness (QED) is 0.529. The summed E-state index contributed by atoms with van der Waals surface area (Å²) in [6.45, 7) is 5.76. The van der Waals surface area contributed by atoms with Gasteiger partial charge in [-0.2, -0.15) is 0 Å². The Balaban J connectivity index is 1.52. The fraction of sp³-hybridized carbons (Fsp3) is 0.533. The van der Waals surface area contributed by atoms with E-state index in [0.29, 0.717) is 0 Å². The molecule has 0 radical (unpaired) electrons. The fourth-order valence-corrected chi connectivity index (χ4v) is 2.68. The van der Waals surface area contributed by atoms with Gasteiger partial charge in [0, 0.05) is 32.4 Å². The van der Waals surface area contributed by atoms with Crippen LogP contribution in [0.2, 0.25) is 0 Å². The fourth-order valence-electron chi connectivity index (χ4n) is 2.51. The van der Waals surface area contributed by atoms with E-state index in [1.54, 1.807) is 4.90 Å². The third-order valence-electron chi connectivity index (χ3n) is 3.60. The van der Waals surface area contributed by atoms with E-state index in [4.69, 9.17) is 12.2 Å². The molecule has 3 nitrogen and oxygen atoms in total. The molecule has 0 spiro atoms. The lowest BCUT2D eigenvalue weighted by Gasteiger charge is -2.13. The molecular weight excluding hydrogens is 254 g/mol. The van der Waals surface area contributed by atoms with Crippen molar-refractivity contribution in [2.75, 3.05) is 26.2 Å². The summed E-state index contributed by atoms with van der Waals surface area (Å²) >= 11 is 5.27. The van der Waals surface area contributed by atoms with Gasteiger partial charge < -0.3 is 15.5 Å². The molecule has 0 unspecified atom stereocenters. The molecule has 1 heterocycles. The Kier molecular flexibility index (Phi) is 6.11. The first-order valence-electron chi connectivity index (χ1n) is 7.24. The summed E-state index contributed by atoms with van der Waals surface area (Å²) in [5.41, 5.74) is 1.26. The summed E-state index contributed by atoms with van der Waals surface area (Å²) in [4.78, 5) is 1.75. The molecule has 0 aromatic heterocycles. The molecule has 0 aliphatic carbocycles. The lowest BCUT2D eigenvalue weighted by Crippen LogP contribution is -3.10. The van der Waals surface area contributed by atoms with Crippen LogP contribution in [-0.2, 0) is 6.54 Å². The predicted octanol–water partition coefficient (Wildman–Crippen LogP) is 0.720. The summed E-state index contributed by atoms with van der Waals surface area (Å²) in [6.07, 6.45) is 4.00. The Hall–Kier alpha value is -1.13. The second-order valence-corrected chi connectivity index (χ2v) is 5.56. The Morgan fingerprint density at radius 3 is 2.58 bits per heavy atom. The van der Waals surface area contributed by atoms with Gasteiger partial charge in [-0.1, -0.05) is 30.3 Å². The van der Waals surface area contributed by atoms with Gasteiger partial charge in [0.05, 0.1) is 19.6 Å². The Morgan fingerprint density at radius 2 is 1.84 bits per heavy atom. The van der Waals surface area contributed by atoms with E-state index in [9.17, 15) is 0 Å². The van der Waals surface area contributed by atoms with Crippen molar-refractivity contribution < 1.29 is 4.90 Å². The smallest absolute Gasteiger partial charge is 0.166 e. The van der Waals surface area contributed by atoms with E-state index in [1.165, 1.54) is 44.5 Å². The van der Waals surface area contributed by atoms with Crippen LogP contribution in [0.25, 0.3) is 0 Å². The Bertz CT molecular complexity index is 374. The lowest BCUT2D eigenvalue weighted by molar-refractivity contribution is -0.887. The molecule has 1 aromatic carbocycles. The highest BCUT2D eigenvalue weighted by Gasteiger charge is 2.13. The van der Waals surface area contributed by atoms with Crippen LogP contribution in [0, 0.1) is 0 Å². The number of hydrogen-bond acceptors (Lipinski definition) is 1. The molecule has 0 atom stereocenters. The second-order valence-electron chi connectivity index (χ2n) is 5.16. The number of thiocarbonyl (C=S) groups is 1. The topological polar surface area (TPSA) is 28.5 Å². The molecule has 2 rings (SSSR count). The van der Waals surface area contributed by atoms with Crippen molar-refractivity contribution in [1.29, 1.82) is 0 Å². The van der Waals surface area contributed by atoms with Crippen LogP contribution in [0.3, 0.4) is 0 Å². The maximum Gasteiger partial charge on any atom is 0.166 e. The standard InChI is InChI=1S/C15H23N3S/c19-15(17-13-14-7-2-1-3-8-14)16-9-6-12-18-10-4-5-11-18/h1-3,7-8H,4-6,9-13H2,(H2,16,17,19)/p+1. The monoisotopic (exact) mass is 278 g/mol. The van der Waals surface area contributed by atoms with E-state index in [0.717, 1.165) is 18.2 Å². The van der Waals surface area contributed by atoms with Gasteiger partial charge in [-0.3, -0.25) is 0 Å². The zero-order valence-corrected chi connectivity index (χ0v) is 12.3. The molecule has 1 aromatic rings. The zero-order chi connectivity index (χ0) is 13.3. The highest BCUT2D eigenvalue weighted by atomic mass is 32.1. The summed E-state index contributed by atoms with van der Waals surface area (Å²) in [6, 6.07) is 10.3. The maximum atomic E-state index is 5.27. The minimum atomic E-state index is 0.764. The van der Waals surface area contributed by atoms with Gasteiger partial charge in [0.15, 0.2) is 5.11 Å². The van der Waals surface area contributed by atoms with Crippen molar-refractivity contribution in [3.05, 3.63) is 35.9 Å². The van der Waals surface area contributed by atoms with E-state index in [-0.39, 0.29) is 0 Å². The number of quaternary nitrogens is 1. The van der Waals surface area contributed by atoms with E-state index < -0.39 is 0 Å². The molecule has 1 aliphatic heterocycles. The number of rotatable bonds is 6. The summed E-state index contributed by atoms with van der Waals surface area (Å²) in [5, 5.41) is 7.29. The first-order valence-corrected chi connectivity index (χ1v) is 7.64. The maximum absolute atomic E-state index is 5.27. The number of nitrogens with one attached hydrogen (secondary N) is 3. The molecule has 1 fully saturated rings. The zero-order valence-electron chi connectivity index (χ0n) is 11.5. The van der Waals surface area contributed by atoms with Crippen molar-refractivity contribution in [2.45, 2.75) is 25.8 Å². The van der Waals surface area contributed by atoms with Crippen LogP contribution < -0.4 is 15.5 Å². The largest absolute Gasteiger partial charge is 0.363 e. The first-order chi connectivity index (χ1) is 9.34. The van der Waals surface area contributed by atoms with Gasteiger partial charge in [0.2, 0.25) is 0 Å². The van der Waals surface area contributed by atoms with Crippen molar-refractivity contribution in [3.63, 3.8) is 0 Å². The Morgan fingerprint density at radius 1 is 1.11 bits per heavy atom. The Labute approximate surface area is 121 Å². The van der Waals surface area contributed by atoms with Crippen molar-refractivity contribution in [1.82, 2.24) is 10.6 Å². The van der Waals surface area contributed by atoms with Crippen molar-refractivity contribution >= 4 is 17.3 Å². The third kappa shape index (κ3) is 5.57. The first kappa shape index (κ1) is 14.3. The molecule has 1 aliphatic rings. The van der Waals surface area contributed by atoms with Crippen molar-refractivity contribution in [3.8, 4) is 0 Å².